The van der Waals surface area contributed by atoms with Crippen molar-refractivity contribution in [3.05, 3.63) is 0 Å². The number of unbranched alkanes of at least 4 members (excludes halogenated alkanes) is 1. The maximum atomic E-state index is 12.7. The van der Waals surface area contributed by atoms with E-state index < -0.39 is 29.7 Å². The van der Waals surface area contributed by atoms with E-state index in [0.29, 0.717) is 25.7 Å². The van der Waals surface area contributed by atoms with Crippen LogP contribution in [0.3, 0.4) is 0 Å². The molecule has 0 aromatic carbocycles. The van der Waals surface area contributed by atoms with E-state index in [2.05, 4.69) is 16.0 Å². The first kappa shape index (κ1) is 24.2. The van der Waals surface area contributed by atoms with Crippen LogP contribution in [0, 0.1) is 5.92 Å². The van der Waals surface area contributed by atoms with Gasteiger partial charge < -0.3 is 25.8 Å². The van der Waals surface area contributed by atoms with Gasteiger partial charge in [0.1, 0.15) is 17.7 Å². The Balaban J connectivity index is 5.11. The lowest BCUT2D eigenvalue weighted by molar-refractivity contribution is -0.131. The molecule has 3 amide bonds. The van der Waals surface area contributed by atoms with E-state index >= 15 is 0 Å². The molecule has 0 saturated heterocycles. The van der Waals surface area contributed by atoms with E-state index in [1.54, 1.807) is 20.8 Å². The van der Waals surface area contributed by atoms with Gasteiger partial charge in [-0.2, -0.15) is 0 Å². The van der Waals surface area contributed by atoms with Gasteiger partial charge in [0.05, 0.1) is 0 Å². The molecule has 0 heterocycles. The van der Waals surface area contributed by atoms with Crippen molar-refractivity contribution < 1.29 is 24.2 Å². The predicted octanol–water partition coefficient (Wildman–Crippen LogP) is 1.32. The summed E-state index contributed by atoms with van der Waals surface area (Å²) in [6, 6.07) is -1.52. The van der Waals surface area contributed by atoms with Crippen molar-refractivity contribution in [1.82, 2.24) is 16.0 Å². The average Bonchev–Trinajstić information content (AvgIpc) is 2.55. The third-order valence-electron chi connectivity index (χ3n) is 3.95. The van der Waals surface area contributed by atoms with E-state index in [4.69, 9.17) is 9.84 Å². The number of amides is 3. The smallest absolute Gasteiger partial charge is 0.408 e. The van der Waals surface area contributed by atoms with Crippen molar-refractivity contribution in [1.29, 1.82) is 0 Å². The van der Waals surface area contributed by atoms with E-state index in [9.17, 15) is 14.4 Å². The third kappa shape index (κ3) is 9.60. The highest BCUT2D eigenvalue weighted by atomic mass is 16.6. The van der Waals surface area contributed by atoms with Crippen molar-refractivity contribution in [3.63, 3.8) is 0 Å². The van der Waals surface area contributed by atoms with Crippen LogP contribution >= 0.6 is 0 Å². The Morgan fingerprint density at radius 1 is 1.08 bits per heavy atom. The SMILES string of the molecule is CC[C@@H](C)[C@H](NC(=O)[C@H](CCCCO)NC(=O)OC(C)(C)C)C(=O)NC. The fourth-order valence-electron chi connectivity index (χ4n) is 2.29. The number of alkyl carbamates (subject to hydrolysis) is 1. The first-order valence-corrected chi connectivity index (χ1v) is 9.18. The van der Waals surface area contributed by atoms with Gasteiger partial charge in [-0.3, -0.25) is 9.59 Å². The van der Waals surface area contributed by atoms with Crippen molar-refractivity contribution in [2.75, 3.05) is 13.7 Å². The Morgan fingerprint density at radius 3 is 2.15 bits per heavy atom. The summed E-state index contributed by atoms with van der Waals surface area (Å²) in [6.07, 6.45) is 1.43. The standard InChI is InChI=1S/C18H35N3O5/c1-7-12(2)14(16(24)19-6)21-15(23)13(10-8-9-11-22)20-17(25)26-18(3,4)5/h12-14,22H,7-11H2,1-6H3,(H,19,24)(H,20,25)(H,21,23)/t12-,13+,14+/m1/s1. The summed E-state index contributed by atoms with van der Waals surface area (Å²) in [5.41, 5.74) is -0.683. The Labute approximate surface area is 156 Å². The summed E-state index contributed by atoms with van der Waals surface area (Å²) in [4.78, 5) is 36.8. The molecule has 26 heavy (non-hydrogen) atoms. The van der Waals surface area contributed by atoms with Crippen LogP contribution in [0.25, 0.3) is 0 Å². The summed E-state index contributed by atoms with van der Waals surface area (Å²) in [5.74, 6) is -0.778. The molecule has 0 radical (unpaired) electrons. The first-order chi connectivity index (χ1) is 12.1. The van der Waals surface area contributed by atoms with E-state index in [1.165, 1.54) is 7.05 Å². The Kier molecular flexibility index (Phi) is 10.9. The molecule has 0 bridgehead atoms. The molecule has 0 aliphatic heterocycles. The maximum Gasteiger partial charge on any atom is 0.408 e. The minimum absolute atomic E-state index is 0.00844. The van der Waals surface area contributed by atoms with Crippen LogP contribution in [0.2, 0.25) is 0 Å². The molecule has 4 N–H and O–H groups in total. The lowest BCUT2D eigenvalue weighted by Crippen LogP contribution is -2.55. The van der Waals surface area contributed by atoms with Gasteiger partial charge in [-0.25, -0.2) is 4.79 Å². The van der Waals surface area contributed by atoms with Crippen LogP contribution in [0.1, 0.15) is 60.3 Å². The summed E-state index contributed by atoms with van der Waals surface area (Å²) in [7, 11) is 1.52. The van der Waals surface area contributed by atoms with E-state index in [1.807, 2.05) is 13.8 Å². The third-order valence-corrected chi connectivity index (χ3v) is 3.95. The molecule has 0 rings (SSSR count). The van der Waals surface area contributed by atoms with Crippen LogP contribution in [0.15, 0.2) is 0 Å². The van der Waals surface area contributed by atoms with Crippen LogP contribution in [-0.4, -0.2) is 54.4 Å². The van der Waals surface area contributed by atoms with Gasteiger partial charge in [-0.1, -0.05) is 20.3 Å². The molecule has 0 saturated carbocycles. The number of carbonyl (C=O) groups is 3. The first-order valence-electron chi connectivity index (χ1n) is 9.18. The monoisotopic (exact) mass is 373 g/mol. The van der Waals surface area contributed by atoms with Gasteiger partial charge in [0.2, 0.25) is 11.8 Å². The summed E-state index contributed by atoms with van der Waals surface area (Å²) in [6.45, 7) is 9.02. The summed E-state index contributed by atoms with van der Waals surface area (Å²) in [5, 5.41) is 16.8. The number of hydrogen-bond acceptors (Lipinski definition) is 5. The lowest BCUT2D eigenvalue weighted by atomic mass is 9.97. The van der Waals surface area contributed by atoms with Gasteiger partial charge in [0.15, 0.2) is 0 Å². The van der Waals surface area contributed by atoms with Gasteiger partial charge >= 0.3 is 6.09 Å². The van der Waals surface area contributed by atoms with E-state index in [-0.39, 0.29) is 18.4 Å². The minimum atomic E-state index is -0.840. The molecule has 152 valence electrons. The van der Waals surface area contributed by atoms with Gasteiger partial charge in [0.25, 0.3) is 0 Å². The average molecular weight is 373 g/mol. The molecule has 0 aromatic rings. The van der Waals surface area contributed by atoms with Gasteiger partial charge in [-0.15, -0.1) is 0 Å². The van der Waals surface area contributed by atoms with Crippen LogP contribution in [0.4, 0.5) is 4.79 Å². The maximum absolute atomic E-state index is 12.7. The van der Waals surface area contributed by atoms with Crippen molar-refractivity contribution in [2.24, 2.45) is 5.92 Å². The zero-order valence-corrected chi connectivity index (χ0v) is 16.8. The second kappa shape index (κ2) is 11.7. The fourth-order valence-corrected chi connectivity index (χ4v) is 2.29. The molecule has 0 unspecified atom stereocenters. The Morgan fingerprint density at radius 2 is 1.69 bits per heavy atom. The molecular weight excluding hydrogens is 338 g/mol. The summed E-state index contributed by atoms with van der Waals surface area (Å²) >= 11 is 0. The number of hydrogen-bond donors (Lipinski definition) is 4. The lowest BCUT2D eigenvalue weighted by Gasteiger charge is -2.27. The van der Waals surface area contributed by atoms with Gasteiger partial charge in [0, 0.05) is 13.7 Å². The summed E-state index contributed by atoms with van der Waals surface area (Å²) < 4.78 is 5.21. The minimum Gasteiger partial charge on any atom is -0.444 e. The fraction of sp³-hybridized carbons (Fsp3) is 0.833. The normalized spacial score (nSPS) is 14.7. The highest BCUT2D eigenvalue weighted by Gasteiger charge is 2.30. The van der Waals surface area contributed by atoms with Crippen molar-refractivity contribution in [3.8, 4) is 0 Å². The molecule has 3 atom stereocenters. The molecule has 8 heteroatoms. The molecule has 0 spiro atoms. The van der Waals surface area contributed by atoms with Crippen LogP contribution in [0.5, 0.6) is 0 Å². The Hall–Kier alpha value is -1.83. The highest BCUT2D eigenvalue weighted by molar-refractivity contribution is 5.91. The molecule has 8 nitrogen and oxygen atoms in total. The topological polar surface area (TPSA) is 117 Å². The van der Waals surface area contributed by atoms with E-state index in [0.717, 1.165) is 0 Å². The molecule has 0 aromatic heterocycles. The number of aliphatic hydroxyl groups is 1. The van der Waals surface area contributed by atoms with Crippen LogP contribution in [-0.2, 0) is 14.3 Å². The zero-order chi connectivity index (χ0) is 20.3. The largest absolute Gasteiger partial charge is 0.444 e. The van der Waals surface area contributed by atoms with Crippen molar-refractivity contribution in [2.45, 2.75) is 78.0 Å². The molecular formula is C18H35N3O5. The highest BCUT2D eigenvalue weighted by Crippen LogP contribution is 2.11. The number of nitrogens with one attached hydrogen (secondary N) is 3. The Bertz CT molecular complexity index is 462. The molecule has 0 fully saturated rings. The van der Waals surface area contributed by atoms with Gasteiger partial charge in [-0.05, 0) is 46.0 Å². The second-order valence-corrected chi connectivity index (χ2v) is 7.40. The number of carbonyl (C=O) groups excluding carboxylic acids is 3. The second-order valence-electron chi connectivity index (χ2n) is 7.40. The predicted molar refractivity (Wildman–Crippen MR) is 99.5 cm³/mol. The number of ether oxygens (including phenoxy) is 1. The van der Waals surface area contributed by atoms with Crippen molar-refractivity contribution >= 4 is 17.9 Å². The number of likely N-dealkylation sites (N-methyl/N-ethyl adjacent to an activating group) is 1. The quantitative estimate of drug-likeness (QED) is 0.431. The number of aliphatic hydroxyl groups excluding tert-OH is 1. The number of rotatable bonds is 10. The molecule has 0 aliphatic carbocycles. The van der Waals surface area contributed by atoms with Crippen LogP contribution < -0.4 is 16.0 Å². The molecule has 0 aliphatic rings. The zero-order valence-electron chi connectivity index (χ0n) is 16.8.